The highest BCUT2D eigenvalue weighted by molar-refractivity contribution is 5.71. The van der Waals surface area contributed by atoms with E-state index < -0.39 is 42.8 Å². The normalized spacial score (nSPS) is 13.8. The molecule has 0 bridgehead atoms. The van der Waals surface area contributed by atoms with E-state index in [1.807, 2.05) is 0 Å². The van der Waals surface area contributed by atoms with Crippen LogP contribution in [0.2, 0.25) is 0 Å². The maximum absolute atomic E-state index is 13.1. The van der Waals surface area contributed by atoms with E-state index in [1.54, 1.807) is 0 Å². The minimum absolute atomic E-state index is 0.117. The second kappa shape index (κ2) is 6.26. The van der Waals surface area contributed by atoms with Gasteiger partial charge in [0.15, 0.2) is 0 Å². The SMILES string of the molecule is O=C(O)Cc1ccc(F)cc1C(O)C(O)CC(=O)O. The number of rotatable bonds is 6. The molecule has 1 aromatic rings. The smallest absolute Gasteiger partial charge is 0.307 e. The molecule has 0 fully saturated rings. The summed E-state index contributed by atoms with van der Waals surface area (Å²) in [5.74, 6) is -3.23. The van der Waals surface area contributed by atoms with Gasteiger partial charge in [-0.25, -0.2) is 4.39 Å². The standard InChI is InChI=1S/C12H13FO6/c13-7-2-1-6(3-10(15)16)8(4-7)12(19)9(14)5-11(17)18/h1-2,4,9,12,14,19H,3,5H2,(H,15,16)(H,17,18). The fourth-order valence-corrected chi connectivity index (χ4v) is 1.66. The molecule has 0 spiro atoms. The average molecular weight is 272 g/mol. The Balaban J connectivity index is 3.05. The Morgan fingerprint density at radius 3 is 2.32 bits per heavy atom. The van der Waals surface area contributed by atoms with Crippen LogP contribution in [-0.4, -0.2) is 38.5 Å². The monoisotopic (exact) mass is 272 g/mol. The van der Waals surface area contributed by atoms with Crippen LogP contribution in [0.25, 0.3) is 0 Å². The highest BCUT2D eigenvalue weighted by Crippen LogP contribution is 2.24. The summed E-state index contributed by atoms with van der Waals surface area (Å²) >= 11 is 0. The molecule has 4 N–H and O–H groups in total. The second-order valence-electron chi connectivity index (χ2n) is 4.02. The van der Waals surface area contributed by atoms with E-state index in [-0.39, 0.29) is 11.1 Å². The first-order valence-electron chi connectivity index (χ1n) is 5.39. The number of aliphatic carboxylic acids is 2. The summed E-state index contributed by atoms with van der Waals surface area (Å²) in [6.07, 6.45) is -4.51. The Labute approximate surface area is 107 Å². The molecule has 0 heterocycles. The number of halogens is 1. The van der Waals surface area contributed by atoms with Gasteiger partial charge in [0.05, 0.1) is 18.9 Å². The third-order valence-electron chi connectivity index (χ3n) is 2.52. The van der Waals surface area contributed by atoms with Gasteiger partial charge in [0, 0.05) is 0 Å². The first-order valence-corrected chi connectivity index (χ1v) is 5.39. The van der Waals surface area contributed by atoms with Crippen molar-refractivity contribution in [1.29, 1.82) is 0 Å². The fraction of sp³-hybridized carbons (Fsp3) is 0.333. The van der Waals surface area contributed by atoms with Gasteiger partial charge >= 0.3 is 11.9 Å². The van der Waals surface area contributed by atoms with Crippen LogP contribution >= 0.6 is 0 Å². The summed E-state index contributed by atoms with van der Waals surface area (Å²) < 4.78 is 13.1. The van der Waals surface area contributed by atoms with Gasteiger partial charge < -0.3 is 20.4 Å². The highest BCUT2D eigenvalue weighted by atomic mass is 19.1. The molecule has 0 aliphatic heterocycles. The highest BCUT2D eigenvalue weighted by Gasteiger charge is 2.24. The zero-order chi connectivity index (χ0) is 14.6. The Morgan fingerprint density at radius 2 is 1.79 bits per heavy atom. The van der Waals surface area contributed by atoms with Gasteiger partial charge in [0.1, 0.15) is 11.9 Å². The summed E-state index contributed by atoms with van der Waals surface area (Å²) in [5, 5.41) is 36.5. The summed E-state index contributed by atoms with van der Waals surface area (Å²) in [7, 11) is 0. The molecule has 0 aliphatic rings. The Hall–Kier alpha value is -1.99. The van der Waals surface area contributed by atoms with Gasteiger partial charge in [-0.05, 0) is 23.3 Å². The molecule has 6 nitrogen and oxygen atoms in total. The molecule has 2 unspecified atom stereocenters. The van der Waals surface area contributed by atoms with Crippen molar-refractivity contribution in [3.63, 3.8) is 0 Å². The predicted molar refractivity (Wildman–Crippen MR) is 61.0 cm³/mol. The van der Waals surface area contributed by atoms with Gasteiger partial charge in [-0.2, -0.15) is 0 Å². The average Bonchev–Trinajstić information content (AvgIpc) is 2.29. The third-order valence-corrected chi connectivity index (χ3v) is 2.52. The number of aliphatic hydroxyl groups is 2. The molecule has 1 aromatic carbocycles. The maximum atomic E-state index is 13.1. The minimum atomic E-state index is -1.67. The molecule has 1 rings (SSSR count). The predicted octanol–water partition coefficient (Wildman–Crippen LogP) is 0.322. The molecule has 7 heteroatoms. The molecular formula is C12H13FO6. The van der Waals surface area contributed by atoms with Gasteiger partial charge in [-0.3, -0.25) is 9.59 Å². The summed E-state index contributed by atoms with van der Waals surface area (Å²) in [4.78, 5) is 21.1. The van der Waals surface area contributed by atoms with Crippen molar-refractivity contribution in [1.82, 2.24) is 0 Å². The lowest BCUT2D eigenvalue weighted by molar-refractivity contribution is -0.141. The van der Waals surface area contributed by atoms with Crippen LogP contribution in [0.1, 0.15) is 23.7 Å². The number of hydrogen-bond acceptors (Lipinski definition) is 4. The van der Waals surface area contributed by atoms with Crippen molar-refractivity contribution in [2.75, 3.05) is 0 Å². The van der Waals surface area contributed by atoms with Crippen LogP contribution in [-0.2, 0) is 16.0 Å². The number of aliphatic hydroxyl groups excluding tert-OH is 2. The zero-order valence-corrected chi connectivity index (χ0v) is 9.78. The zero-order valence-electron chi connectivity index (χ0n) is 9.78. The van der Waals surface area contributed by atoms with Crippen molar-refractivity contribution < 1.29 is 34.4 Å². The van der Waals surface area contributed by atoms with Crippen molar-refractivity contribution in [2.24, 2.45) is 0 Å². The van der Waals surface area contributed by atoms with Crippen molar-refractivity contribution in [2.45, 2.75) is 25.0 Å². The van der Waals surface area contributed by atoms with E-state index in [4.69, 9.17) is 10.2 Å². The Bertz CT molecular complexity index is 487. The van der Waals surface area contributed by atoms with Crippen LogP contribution in [0, 0.1) is 5.82 Å². The Morgan fingerprint density at radius 1 is 1.16 bits per heavy atom. The summed E-state index contributed by atoms with van der Waals surface area (Å²) in [5.41, 5.74) is -0.0120. The number of carbonyl (C=O) groups is 2. The van der Waals surface area contributed by atoms with Crippen LogP contribution in [0.5, 0.6) is 0 Å². The van der Waals surface area contributed by atoms with Gasteiger partial charge in [-0.15, -0.1) is 0 Å². The van der Waals surface area contributed by atoms with Crippen LogP contribution < -0.4 is 0 Å². The Kier molecular flexibility index (Phi) is 4.96. The van der Waals surface area contributed by atoms with E-state index in [0.717, 1.165) is 12.1 Å². The lowest BCUT2D eigenvalue weighted by atomic mass is 9.95. The molecule has 0 saturated heterocycles. The lowest BCUT2D eigenvalue weighted by Crippen LogP contribution is -2.23. The minimum Gasteiger partial charge on any atom is -0.481 e. The first kappa shape index (κ1) is 15.1. The molecular weight excluding hydrogens is 259 g/mol. The molecule has 0 amide bonds. The van der Waals surface area contributed by atoms with E-state index in [0.29, 0.717) is 0 Å². The molecule has 0 saturated carbocycles. The molecule has 2 atom stereocenters. The van der Waals surface area contributed by atoms with E-state index in [1.165, 1.54) is 6.07 Å². The summed E-state index contributed by atoms with van der Waals surface area (Å²) in [6.45, 7) is 0. The number of benzene rings is 1. The van der Waals surface area contributed by atoms with E-state index in [2.05, 4.69) is 0 Å². The lowest BCUT2D eigenvalue weighted by Gasteiger charge is -2.19. The molecule has 19 heavy (non-hydrogen) atoms. The van der Waals surface area contributed by atoms with Crippen LogP contribution in [0.4, 0.5) is 4.39 Å². The molecule has 0 radical (unpaired) electrons. The quantitative estimate of drug-likeness (QED) is 0.593. The number of carboxylic acids is 2. The van der Waals surface area contributed by atoms with Crippen LogP contribution in [0.15, 0.2) is 18.2 Å². The second-order valence-corrected chi connectivity index (χ2v) is 4.02. The van der Waals surface area contributed by atoms with Crippen molar-refractivity contribution in [3.05, 3.63) is 35.1 Å². The number of hydrogen-bond donors (Lipinski definition) is 4. The van der Waals surface area contributed by atoms with E-state index in [9.17, 15) is 24.2 Å². The van der Waals surface area contributed by atoms with E-state index >= 15 is 0 Å². The van der Waals surface area contributed by atoms with Crippen molar-refractivity contribution >= 4 is 11.9 Å². The van der Waals surface area contributed by atoms with Gasteiger partial charge in [-0.1, -0.05) is 6.07 Å². The maximum Gasteiger partial charge on any atom is 0.307 e. The first-order chi connectivity index (χ1) is 8.81. The summed E-state index contributed by atoms with van der Waals surface area (Å²) in [6, 6.07) is 3.08. The number of carboxylic acid groups (broad SMARTS) is 2. The molecule has 104 valence electrons. The fourth-order valence-electron chi connectivity index (χ4n) is 1.66. The topological polar surface area (TPSA) is 115 Å². The van der Waals surface area contributed by atoms with Crippen LogP contribution in [0.3, 0.4) is 0 Å². The molecule has 0 aliphatic carbocycles. The largest absolute Gasteiger partial charge is 0.481 e. The van der Waals surface area contributed by atoms with Gasteiger partial charge in [0.2, 0.25) is 0 Å². The van der Waals surface area contributed by atoms with Gasteiger partial charge in [0.25, 0.3) is 0 Å². The van der Waals surface area contributed by atoms with Crippen molar-refractivity contribution in [3.8, 4) is 0 Å². The molecule has 0 aromatic heterocycles. The third kappa shape index (κ3) is 4.31.